The monoisotopic (exact) mass is 488 g/mol. The maximum absolute atomic E-state index is 12.5. The van der Waals surface area contributed by atoms with E-state index in [0.29, 0.717) is 0 Å². The van der Waals surface area contributed by atoms with Gasteiger partial charge in [0.2, 0.25) is 17.7 Å². The van der Waals surface area contributed by atoms with Crippen molar-refractivity contribution >= 4 is 36.3 Å². The lowest BCUT2D eigenvalue weighted by Crippen LogP contribution is -2.55. The van der Waals surface area contributed by atoms with E-state index >= 15 is 0 Å². The van der Waals surface area contributed by atoms with E-state index in [4.69, 9.17) is 5.73 Å². The summed E-state index contributed by atoms with van der Waals surface area (Å²) in [6.07, 6.45) is 0.275. The maximum atomic E-state index is 12.5. The summed E-state index contributed by atoms with van der Waals surface area (Å²) in [6.45, 7) is -0.425. The molecule has 0 bridgehead atoms. The van der Waals surface area contributed by atoms with Gasteiger partial charge in [-0.05, 0) is 29.7 Å². The van der Waals surface area contributed by atoms with Crippen LogP contribution >= 0.6 is 12.6 Å². The number of phenolic OH excluding ortho intramolecular Hbond substituents is 1. The van der Waals surface area contributed by atoms with Crippen molar-refractivity contribution < 1.29 is 29.4 Å². The number of carboxylic acid groups (broad SMARTS) is 1. The molecule has 0 aliphatic carbocycles. The zero-order chi connectivity index (χ0) is 25.1. The van der Waals surface area contributed by atoms with Crippen LogP contribution in [0.5, 0.6) is 5.75 Å². The minimum absolute atomic E-state index is 0.0735. The third-order valence-electron chi connectivity index (χ3n) is 4.88. The lowest BCUT2D eigenvalue weighted by molar-refractivity contribution is -0.142. The van der Waals surface area contributed by atoms with Gasteiger partial charge in [-0.25, -0.2) is 4.79 Å². The predicted molar refractivity (Wildman–Crippen MR) is 128 cm³/mol. The number of phenols is 1. The van der Waals surface area contributed by atoms with Gasteiger partial charge in [-0.3, -0.25) is 14.4 Å². The number of carbonyl (C=O) groups excluding carboxylic acids is 3. The first-order valence-electron chi connectivity index (χ1n) is 10.5. The molecule has 34 heavy (non-hydrogen) atoms. The van der Waals surface area contributed by atoms with Crippen molar-refractivity contribution in [2.45, 2.75) is 31.0 Å². The lowest BCUT2D eigenvalue weighted by atomic mass is 10.1. The van der Waals surface area contributed by atoms with Crippen LogP contribution in [-0.2, 0) is 32.0 Å². The van der Waals surface area contributed by atoms with Crippen LogP contribution in [0.25, 0.3) is 0 Å². The van der Waals surface area contributed by atoms with Gasteiger partial charge in [0, 0.05) is 12.2 Å². The quantitative estimate of drug-likeness (QED) is 0.199. The van der Waals surface area contributed by atoms with Gasteiger partial charge in [0.25, 0.3) is 0 Å². The smallest absolute Gasteiger partial charge is 0.326 e. The molecule has 0 aromatic heterocycles. The number of nitrogens with one attached hydrogen (secondary N) is 3. The summed E-state index contributed by atoms with van der Waals surface area (Å²) in [5.41, 5.74) is 7.32. The fourth-order valence-electron chi connectivity index (χ4n) is 3.04. The number of thiol groups is 1. The van der Waals surface area contributed by atoms with E-state index in [-0.39, 0.29) is 24.3 Å². The highest BCUT2D eigenvalue weighted by atomic mass is 32.1. The maximum Gasteiger partial charge on any atom is 0.326 e. The van der Waals surface area contributed by atoms with E-state index in [1.165, 1.54) is 12.1 Å². The molecule has 0 aliphatic rings. The van der Waals surface area contributed by atoms with Gasteiger partial charge < -0.3 is 31.9 Å². The summed E-state index contributed by atoms with van der Waals surface area (Å²) in [5.74, 6) is -3.13. The molecule has 3 atom stereocenters. The number of rotatable bonds is 12. The summed E-state index contributed by atoms with van der Waals surface area (Å²) in [6, 6.07) is 11.8. The molecule has 7 N–H and O–H groups in total. The molecular formula is C23H28N4O6S. The molecule has 10 nitrogen and oxygen atoms in total. The fourth-order valence-corrected chi connectivity index (χ4v) is 3.30. The van der Waals surface area contributed by atoms with E-state index in [9.17, 15) is 29.4 Å². The molecular weight excluding hydrogens is 460 g/mol. The topological polar surface area (TPSA) is 171 Å². The van der Waals surface area contributed by atoms with Crippen molar-refractivity contribution in [3.05, 3.63) is 65.7 Å². The Balaban J connectivity index is 1.83. The molecule has 0 spiro atoms. The Labute approximate surface area is 202 Å². The molecule has 3 amide bonds. The average molecular weight is 489 g/mol. The predicted octanol–water partition coefficient (Wildman–Crippen LogP) is -0.395. The molecule has 11 heteroatoms. The molecule has 0 saturated carbocycles. The summed E-state index contributed by atoms with van der Waals surface area (Å²) < 4.78 is 0. The summed E-state index contributed by atoms with van der Waals surface area (Å²) in [5, 5.41) is 26.0. The van der Waals surface area contributed by atoms with Crippen molar-refractivity contribution in [2.24, 2.45) is 5.73 Å². The highest BCUT2D eigenvalue weighted by molar-refractivity contribution is 7.80. The van der Waals surface area contributed by atoms with Crippen LogP contribution < -0.4 is 21.7 Å². The van der Waals surface area contributed by atoms with Gasteiger partial charge >= 0.3 is 5.97 Å². The zero-order valence-electron chi connectivity index (χ0n) is 18.3. The molecule has 0 saturated heterocycles. The number of aliphatic carboxylic acids is 1. The number of nitrogens with two attached hydrogens (primary N) is 1. The summed E-state index contributed by atoms with van der Waals surface area (Å²) in [7, 11) is 0. The van der Waals surface area contributed by atoms with Crippen molar-refractivity contribution in [3.63, 3.8) is 0 Å². The normalized spacial score (nSPS) is 13.2. The minimum Gasteiger partial charge on any atom is -0.508 e. The molecule has 0 heterocycles. The zero-order valence-corrected chi connectivity index (χ0v) is 19.2. The number of carbonyl (C=O) groups is 4. The van der Waals surface area contributed by atoms with E-state index in [1.807, 2.05) is 0 Å². The summed E-state index contributed by atoms with van der Waals surface area (Å²) in [4.78, 5) is 48.5. The standard InChI is InChI=1S/C23H28N4O6S/c24-17(10-15-6-8-16(28)9-7-15)21(30)25-12-20(29)26-19(13-34)22(31)27-18(23(32)33)11-14-4-2-1-3-5-14/h1-9,17-19,28,34H,10-13,24H2,(H,25,30)(H,26,29)(H,27,31)(H,32,33). The number of benzene rings is 2. The molecule has 3 unspecified atom stereocenters. The van der Waals surface area contributed by atoms with Crippen molar-refractivity contribution in [1.29, 1.82) is 0 Å². The van der Waals surface area contributed by atoms with E-state index in [2.05, 4.69) is 28.6 Å². The van der Waals surface area contributed by atoms with Gasteiger partial charge in [-0.15, -0.1) is 0 Å². The Bertz CT molecular complexity index is 987. The van der Waals surface area contributed by atoms with Crippen molar-refractivity contribution in [3.8, 4) is 5.75 Å². The second kappa shape index (κ2) is 13.2. The van der Waals surface area contributed by atoms with E-state index in [1.54, 1.807) is 42.5 Å². The lowest BCUT2D eigenvalue weighted by Gasteiger charge is -2.20. The third-order valence-corrected chi connectivity index (χ3v) is 5.25. The first-order valence-corrected chi connectivity index (χ1v) is 11.1. The second-order valence-corrected chi connectivity index (χ2v) is 7.95. The molecule has 2 aromatic carbocycles. The molecule has 0 aliphatic heterocycles. The highest BCUT2D eigenvalue weighted by Crippen LogP contribution is 2.11. The third kappa shape index (κ3) is 8.75. The van der Waals surface area contributed by atoms with Gasteiger partial charge in [0.15, 0.2) is 0 Å². The Kier molecular flexibility index (Phi) is 10.4. The van der Waals surface area contributed by atoms with E-state index in [0.717, 1.165) is 11.1 Å². The summed E-state index contributed by atoms with van der Waals surface area (Å²) >= 11 is 4.06. The van der Waals surface area contributed by atoms with Gasteiger partial charge in [0.1, 0.15) is 17.8 Å². The van der Waals surface area contributed by atoms with Crippen LogP contribution in [0.2, 0.25) is 0 Å². The van der Waals surface area contributed by atoms with Crippen LogP contribution in [0.15, 0.2) is 54.6 Å². The van der Waals surface area contributed by atoms with E-state index < -0.39 is 48.4 Å². The number of amides is 3. The highest BCUT2D eigenvalue weighted by Gasteiger charge is 2.26. The first-order chi connectivity index (χ1) is 16.2. The Morgan fingerprint density at radius 2 is 1.47 bits per heavy atom. The fraction of sp³-hybridized carbons (Fsp3) is 0.304. The largest absolute Gasteiger partial charge is 0.508 e. The SMILES string of the molecule is NC(Cc1ccc(O)cc1)C(=O)NCC(=O)NC(CS)C(=O)NC(Cc1ccccc1)C(=O)O. The number of hydrogen-bond donors (Lipinski definition) is 7. The molecule has 0 radical (unpaired) electrons. The average Bonchev–Trinajstić information content (AvgIpc) is 2.82. The van der Waals surface area contributed by atoms with Crippen LogP contribution in [0, 0.1) is 0 Å². The molecule has 0 fully saturated rings. The van der Waals surface area contributed by atoms with Crippen LogP contribution in [-0.4, -0.2) is 64.3 Å². The van der Waals surface area contributed by atoms with Crippen molar-refractivity contribution in [2.75, 3.05) is 12.3 Å². The van der Waals surface area contributed by atoms with Gasteiger partial charge in [-0.2, -0.15) is 12.6 Å². The van der Waals surface area contributed by atoms with Crippen LogP contribution in [0.4, 0.5) is 0 Å². The number of aromatic hydroxyl groups is 1. The van der Waals surface area contributed by atoms with Crippen LogP contribution in [0.1, 0.15) is 11.1 Å². The van der Waals surface area contributed by atoms with Crippen molar-refractivity contribution in [1.82, 2.24) is 16.0 Å². The first kappa shape index (κ1) is 26.7. The second-order valence-electron chi connectivity index (χ2n) is 7.59. The molecule has 2 rings (SSSR count). The number of hydrogen-bond acceptors (Lipinski definition) is 7. The Morgan fingerprint density at radius 3 is 2.06 bits per heavy atom. The number of carboxylic acids is 1. The Hall–Kier alpha value is -3.57. The van der Waals surface area contributed by atoms with Gasteiger partial charge in [0.05, 0.1) is 12.6 Å². The van der Waals surface area contributed by atoms with Crippen LogP contribution in [0.3, 0.4) is 0 Å². The molecule has 182 valence electrons. The van der Waals surface area contributed by atoms with Gasteiger partial charge in [-0.1, -0.05) is 42.5 Å². The minimum atomic E-state index is -1.21. The Morgan fingerprint density at radius 1 is 0.853 bits per heavy atom. The molecule has 2 aromatic rings.